The maximum Gasteiger partial charge on any atom is 0.246 e. The zero-order valence-corrected chi connectivity index (χ0v) is 13.1. The molecule has 4 nitrogen and oxygen atoms in total. The van der Waals surface area contributed by atoms with Crippen LogP contribution in [0.5, 0.6) is 0 Å². The van der Waals surface area contributed by atoms with Crippen LogP contribution in [0.3, 0.4) is 0 Å². The molecule has 4 heteroatoms. The van der Waals surface area contributed by atoms with Gasteiger partial charge in [0, 0.05) is 6.54 Å². The number of hydrogen-bond acceptors (Lipinski definition) is 2. The molecule has 1 N–H and O–H groups in total. The van der Waals surface area contributed by atoms with Gasteiger partial charge in [-0.1, -0.05) is 34.1 Å². The number of hydrogen-bond donors (Lipinski definition) is 1. The Labute approximate surface area is 116 Å². The lowest BCUT2D eigenvalue weighted by Crippen LogP contribution is -2.69. The molecule has 2 unspecified atom stereocenters. The first kappa shape index (κ1) is 16.0. The van der Waals surface area contributed by atoms with Crippen molar-refractivity contribution >= 4 is 11.8 Å². The molecule has 1 rings (SSSR count). The number of amides is 2. The summed E-state index contributed by atoms with van der Waals surface area (Å²) >= 11 is 0. The summed E-state index contributed by atoms with van der Waals surface area (Å²) in [4.78, 5) is 26.6. The van der Waals surface area contributed by atoms with Crippen LogP contribution >= 0.6 is 0 Å². The van der Waals surface area contributed by atoms with Gasteiger partial charge in [0.2, 0.25) is 11.8 Å². The molecule has 0 aromatic rings. The van der Waals surface area contributed by atoms with Crippen molar-refractivity contribution in [1.29, 1.82) is 0 Å². The molecule has 2 atom stereocenters. The summed E-state index contributed by atoms with van der Waals surface area (Å²) in [6.07, 6.45) is 1.72. The van der Waals surface area contributed by atoms with Gasteiger partial charge in [-0.3, -0.25) is 9.59 Å². The summed E-state index contributed by atoms with van der Waals surface area (Å²) in [7, 11) is 0. The van der Waals surface area contributed by atoms with Crippen LogP contribution in [0.2, 0.25) is 0 Å². The van der Waals surface area contributed by atoms with E-state index in [-0.39, 0.29) is 17.9 Å². The Balaban J connectivity index is 2.93. The highest BCUT2D eigenvalue weighted by Gasteiger charge is 2.46. The van der Waals surface area contributed by atoms with E-state index < -0.39 is 5.54 Å². The van der Waals surface area contributed by atoms with Crippen LogP contribution < -0.4 is 5.32 Å². The van der Waals surface area contributed by atoms with Gasteiger partial charge in [0.15, 0.2) is 0 Å². The average molecular weight is 268 g/mol. The molecule has 1 aliphatic heterocycles. The monoisotopic (exact) mass is 268 g/mol. The second kappa shape index (κ2) is 5.93. The van der Waals surface area contributed by atoms with Gasteiger partial charge in [0.05, 0.1) is 0 Å². The minimum absolute atomic E-state index is 0.0407. The van der Waals surface area contributed by atoms with Crippen LogP contribution in [-0.2, 0) is 9.59 Å². The summed E-state index contributed by atoms with van der Waals surface area (Å²) in [5.41, 5.74) is -0.742. The SMILES string of the molecule is CCC(C)CN1C(=O)C(CC(C)C)NC(=O)C1(C)C. The van der Waals surface area contributed by atoms with Gasteiger partial charge in [-0.2, -0.15) is 0 Å². The van der Waals surface area contributed by atoms with E-state index in [1.54, 1.807) is 4.90 Å². The number of carbonyl (C=O) groups excluding carboxylic acids is 2. The van der Waals surface area contributed by atoms with Gasteiger partial charge in [-0.15, -0.1) is 0 Å². The van der Waals surface area contributed by atoms with Crippen molar-refractivity contribution in [2.45, 2.75) is 66.0 Å². The van der Waals surface area contributed by atoms with Crippen molar-refractivity contribution in [2.24, 2.45) is 11.8 Å². The van der Waals surface area contributed by atoms with E-state index in [2.05, 4.69) is 33.0 Å². The molecular weight excluding hydrogens is 240 g/mol. The highest BCUT2D eigenvalue weighted by molar-refractivity contribution is 5.99. The zero-order chi connectivity index (χ0) is 14.8. The maximum atomic E-state index is 12.6. The lowest BCUT2D eigenvalue weighted by Gasteiger charge is -2.45. The van der Waals surface area contributed by atoms with E-state index in [1.165, 1.54) is 0 Å². The second-order valence-electron chi connectivity index (χ2n) is 6.68. The molecule has 2 amide bonds. The van der Waals surface area contributed by atoms with E-state index in [1.807, 2.05) is 13.8 Å². The Morgan fingerprint density at radius 2 is 1.84 bits per heavy atom. The van der Waals surface area contributed by atoms with Gasteiger partial charge in [-0.25, -0.2) is 0 Å². The minimum atomic E-state index is -0.742. The highest BCUT2D eigenvalue weighted by atomic mass is 16.2. The van der Waals surface area contributed by atoms with Crippen LogP contribution in [-0.4, -0.2) is 34.8 Å². The van der Waals surface area contributed by atoms with Crippen LogP contribution in [0.1, 0.15) is 54.4 Å². The van der Waals surface area contributed by atoms with Crippen molar-refractivity contribution in [1.82, 2.24) is 10.2 Å². The molecule has 19 heavy (non-hydrogen) atoms. The minimum Gasteiger partial charge on any atom is -0.342 e. The van der Waals surface area contributed by atoms with E-state index in [9.17, 15) is 9.59 Å². The summed E-state index contributed by atoms with van der Waals surface area (Å²) in [5.74, 6) is 0.828. The van der Waals surface area contributed by atoms with Gasteiger partial charge in [0.1, 0.15) is 11.6 Å². The fourth-order valence-corrected chi connectivity index (χ4v) is 2.37. The third-order valence-corrected chi connectivity index (χ3v) is 4.00. The molecule has 1 fully saturated rings. The topological polar surface area (TPSA) is 49.4 Å². The Kier molecular flexibility index (Phi) is 4.99. The van der Waals surface area contributed by atoms with Gasteiger partial charge < -0.3 is 10.2 Å². The number of nitrogens with zero attached hydrogens (tertiary/aromatic N) is 1. The molecule has 0 aromatic carbocycles. The fourth-order valence-electron chi connectivity index (χ4n) is 2.37. The van der Waals surface area contributed by atoms with Crippen molar-refractivity contribution in [3.63, 3.8) is 0 Å². The number of carbonyl (C=O) groups is 2. The number of nitrogens with one attached hydrogen (secondary N) is 1. The second-order valence-corrected chi connectivity index (χ2v) is 6.68. The lowest BCUT2D eigenvalue weighted by atomic mass is 9.91. The van der Waals surface area contributed by atoms with E-state index in [4.69, 9.17) is 0 Å². The van der Waals surface area contributed by atoms with Crippen molar-refractivity contribution in [2.75, 3.05) is 6.54 Å². The smallest absolute Gasteiger partial charge is 0.246 e. The Morgan fingerprint density at radius 3 is 2.32 bits per heavy atom. The average Bonchev–Trinajstić information content (AvgIpc) is 2.31. The normalized spacial score (nSPS) is 24.6. The highest BCUT2D eigenvalue weighted by Crippen LogP contribution is 2.25. The molecule has 0 aromatic heterocycles. The predicted octanol–water partition coefficient (Wildman–Crippen LogP) is 2.18. The number of piperazine rings is 1. The molecule has 0 aliphatic carbocycles. The molecule has 1 heterocycles. The quantitative estimate of drug-likeness (QED) is 0.831. The molecule has 1 aliphatic rings. The molecule has 0 saturated carbocycles. The third-order valence-electron chi connectivity index (χ3n) is 4.00. The summed E-state index contributed by atoms with van der Waals surface area (Å²) in [5, 5.41) is 2.88. The fraction of sp³-hybridized carbons (Fsp3) is 0.867. The molecule has 0 radical (unpaired) electrons. The van der Waals surface area contributed by atoms with Crippen molar-refractivity contribution in [3.8, 4) is 0 Å². The predicted molar refractivity (Wildman–Crippen MR) is 76.6 cm³/mol. The first-order valence-corrected chi connectivity index (χ1v) is 7.32. The third kappa shape index (κ3) is 3.48. The Hall–Kier alpha value is -1.06. The first-order chi connectivity index (χ1) is 8.70. The molecule has 1 saturated heterocycles. The van der Waals surface area contributed by atoms with Gasteiger partial charge in [-0.05, 0) is 32.1 Å². The molecule has 110 valence electrons. The zero-order valence-electron chi connectivity index (χ0n) is 13.1. The van der Waals surface area contributed by atoms with Gasteiger partial charge in [0.25, 0.3) is 0 Å². The summed E-state index contributed by atoms with van der Waals surface area (Å²) in [6, 6.07) is -0.357. The van der Waals surface area contributed by atoms with Crippen LogP contribution in [0.4, 0.5) is 0 Å². The largest absolute Gasteiger partial charge is 0.342 e. The first-order valence-electron chi connectivity index (χ1n) is 7.32. The molecular formula is C15H28N2O2. The standard InChI is InChI=1S/C15H28N2O2/c1-7-11(4)9-17-13(18)12(8-10(2)3)16-14(19)15(17,5)6/h10-12H,7-9H2,1-6H3,(H,16,19). The van der Waals surface area contributed by atoms with Crippen LogP contribution in [0, 0.1) is 11.8 Å². The van der Waals surface area contributed by atoms with Crippen LogP contribution in [0.15, 0.2) is 0 Å². The molecule has 0 bridgehead atoms. The maximum absolute atomic E-state index is 12.6. The number of rotatable bonds is 5. The van der Waals surface area contributed by atoms with Crippen molar-refractivity contribution < 1.29 is 9.59 Å². The van der Waals surface area contributed by atoms with Gasteiger partial charge >= 0.3 is 0 Å². The Bertz CT molecular complexity index is 350. The van der Waals surface area contributed by atoms with Crippen LogP contribution in [0.25, 0.3) is 0 Å². The molecule has 0 spiro atoms. The van der Waals surface area contributed by atoms with Crippen molar-refractivity contribution in [3.05, 3.63) is 0 Å². The van der Waals surface area contributed by atoms with E-state index in [0.717, 1.165) is 6.42 Å². The van der Waals surface area contributed by atoms with E-state index in [0.29, 0.717) is 24.8 Å². The summed E-state index contributed by atoms with van der Waals surface area (Å²) < 4.78 is 0. The lowest BCUT2D eigenvalue weighted by molar-refractivity contribution is -0.156. The summed E-state index contributed by atoms with van der Waals surface area (Å²) in [6.45, 7) is 12.7. The Morgan fingerprint density at radius 1 is 1.26 bits per heavy atom. The van der Waals surface area contributed by atoms with E-state index >= 15 is 0 Å².